The highest BCUT2D eigenvalue weighted by Gasteiger charge is 2.33. The molecule has 1 heterocycles. The van der Waals surface area contributed by atoms with Gasteiger partial charge in [-0.15, -0.1) is 0 Å². The molecular weight excluding hydrogens is 530 g/mol. The van der Waals surface area contributed by atoms with Crippen LogP contribution in [-0.4, -0.2) is 57.5 Å². The molecule has 0 aliphatic carbocycles. The van der Waals surface area contributed by atoms with Crippen molar-refractivity contribution < 1.29 is 27.5 Å². The molecule has 0 fully saturated rings. The highest BCUT2D eigenvalue weighted by atomic mass is 32.2. The maximum atomic E-state index is 14.0. The Hall–Kier alpha value is -4.05. The number of carbonyl (C=O) groups is 2. The van der Waals surface area contributed by atoms with Crippen LogP contribution in [-0.2, 0) is 26.2 Å². The number of nitrogens with one attached hydrogen (secondary N) is 1. The summed E-state index contributed by atoms with van der Waals surface area (Å²) in [6.45, 7) is 4.53. The van der Waals surface area contributed by atoms with Crippen LogP contribution in [0.4, 0.5) is 5.69 Å². The number of anilines is 1. The maximum Gasteiger partial charge on any atom is 0.264 e. The van der Waals surface area contributed by atoms with Gasteiger partial charge < -0.3 is 19.7 Å². The number of unbranched alkanes of at least 4 members (excludes halogenated alkanes) is 1. The van der Waals surface area contributed by atoms with Gasteiger partial charge in [-0.25, -0.2) is 8.42 Å². The molecule has 1 aliphatic rings. The number of amides is 2. The van der Waals surface area contributed by atoms with E-state index < -0.39 is 28.5 Å². The zero-order chi connectivity index (χ0) is 28.5. The first kappa shape index (κ1) is 28.9. The van der Waals surface area contributed by atoms with Crippen molar-refractivity contribution in [1.82, 2.24) is 10.2 Å². The van der Waals surface area contributed by atoms with E-state index in [0.717, 1.165) is 22.7 Å². The van der Waals surface area contributed by atoms with Gasteiger partial charge in [-0.05, 0) is 43.2 Å². The maximum absolute atomic E-state index is 14.0. The van der Waals surface area contributed by atoms with E-state index in [2.05, 4.69) is 5.32 Å². The van der Waals surface area contributed by atoms with Crippen molar-refractivity contribution in [2.24, 2.45) is 0 Å². The molecule has 3 aromatic carbocycles. The van der Waals surface area contributed by atoms with Gasteiger partial charge in [0.2, 0.25) is 11.8 Å². The number of hydrogen-bond donors (Lipinski definition) is 1. The smallest absolute Gasteiger partial charge is 0.264 e. The Morgan fingerprint density at radius 3 is 2.25 bits per heavy atom. The topological polar surface area (TPSA) is 105 Å². The van der Waals surface area contributed by atoms with Crippen molar-refractivity contribution in [3.63, 3.8) is 0 Å². The lowest BCUT2D eigenvalue weighted by molar-refractivity contribution is -0.139. The summed E-state index contributed by atoms with van der Waals surface area (Å²) in [6, 6.07) is 21.2. The Labute approximate surface area is 235 Å². The van der Waals surface area contributed by atoms with Crippen LogP contribution in [0.2, 0.25) is 0 Å². The van der Waals surface area contributed by atoms with Crippen LogP contribution >= 0.6 is 0 Å². The molecule has 3 aromatic rings. The van der Waals surface area contributed by atoms with Crippen LogP contribution in [0.1, 0.15) is 32.3 Å². The van der Waals surface area contributed by atoms with Gasteiger partial charge in [0.25, 0.3) is 10.0 Å². The van der Waals surface area contributed by atoms with Crippen molar-refractivity contribution in [2.45, 2.75) is 44.2 Å². The first-order chi connectivity index (χ1) is 19.3. The fourth-order valence-electron chi connectivity index (χ4n) is 4.33. The van der Waals surface area contributed by atoms with Crippen LogP contribution in [0.3, 0.4) is 0 Å². The average molecular weight is 566 g/mol. The van der Waals surface area contributed by atoms with Crippen LogP contribution in [0, 0.1) is 0 Å². The first-order valence-corrected chi connectivity index (χ1v) is 14.8. The van der Waals surface area contributed by atoms with Crippen molar-refractivity contribution >= 4 is 27.5 Å². The molecule has 1 atom stereocenters. The van der Waals surface area contributed by atoms with E-state index >= 15 is 0 Å². The SMILES string of the molecule is CCCCNC(=O)[C@@H](C)N(Cc1ccccc1)C(=O)CN(c1ccc2c(c1)OCCO2)S(=O)(=O)c1ccccc1. The molecule has 0 bridgehead atoms. The quantitative estimate of drug-likeness (QED) is 0.333. The minimum atomic E-state index is -4.16. The largest absolute Gasteiger partial charge is 0.486 e. The lowest BCUT2D eigenvalue weighted by Gasteiger charge is -2.32. The van der Waals surface area contributed by atoms with Gasteiger partial charge in [0.15, 0.2) is 11.5 Å². The standard InChI is InChI=1S/C30H35N3O6S/c1-3-4-17-31-30(35)23(2)32(21-24-11-7-5-8-12-24)29(34)22-33(40(36,37)26-13-9-6-10-14-26)25-15-16-27-28(20-25)39-19-18-38-27/h5-16,20,23H,3-4,17-19,21-22H2,1-2H3,(H,31,35)/t23-/m1/s1. The second-order valence-corrected chi connectivity index (χ2v) is 11.3. The van der Waals surface area contributed by atoms with Gasteiger partial charge in [0.1, 0.15) is 25.8 Å². The van der Waals surface area contributed by atoms with Gasteiger partial charge in [-0.1, -0.05) is 61.9 Å². The number of sulfonamides is 1. The molecule has 2 amide bonds. The van der Waals surface area contributed by atoms with Gasteiger partial charge >= 0.3 is 0 Å². The van der Waals surface area contributed by atoms with E-state index in [1.165, 1.54) is 17.0 Å². The minimum absolute atomic E-state index is 0.0395. The summed E-state index contributed by atoms with van der Waals surface area (Å²) in [5.41, 5.74) is 1.07. The zero-order valence-corrected chi connectivity index (χ0v) is 23.6. The van der Waals surface area contributed by atoms with Crippen molar-refractivity contribution in [1.29, 1.82) is 0 Å². The molecule has 9 nitrogen and oxygen atoms in total. The van der Waals surface area contributed by atoms with E-state index in [4.69, 9.17) is 9.47 Å². The van der Waals surface area contributed by atoms with Gasteiger partial charge in [-0.2, -0.15) is 0 Å². The number of nitrogens with zero attached hydrogens (tertiary/aromatic N) is 2. The molecule has 212 valence electrons. The Morgan fingerprint density at radius 2 is 1.57 bits per heavy atom. The lowest BCUT2D eigenvalue weighted by Crippen LogP contribution is -2.51. The number of benzene rings is 3. The molecular formula is C30H35N3O6S. The Morgan fingerprint density at radius 1 is 0.925 bits per heavy atom. The van der Waals surface area contributed by atoms with E-state index in [-0.39, 0.29) is 23.0 Å². The molecule has 40 heavy (non-hydrogen) atoms. The number of fused-ring (bicyclic) bond motifs is 1. The van der Waals surface area contributed by atoms with Crippen LogP contribution in [0.15, 0.2) is 83.8 Å². The molecule has 0 radical (unpaired) electrons. The Kier molecular flexibility index (Phi) is 9.65. The highest BCUT2D eigenvalue weighted by molar-refractivity contribution is 7.92. The van der Waals surface area contributed by atoms with E-state index in [1.54, 1.807) is 43.3 Å². The van der Waals surface area contributed by atoms with Crippen molar-refractivity contribution in [3.05, 3.63) is 84.4 Å². The van der Waals surface area contributed by atoms with E-state index in [9.17, 15) is 18.0 Å². The predicted molar refractivity (Wildman–Crippen MR) is 153 cm³/mol. The number of rotatable bonds is 12. The molecule has 0 unspecified atom stereocenters. The fraction of sp³-hybridized carbons (Fsp3) is 0.333. The molecule has 0 saturated heterocycles. The summed E-state index contributed by atoms with van der Waals surface area (Å²) in [5, 5.41) is 2.88. The number of ether oxygens (including phenoxy) is 2. The third-order valence-corrected chi connectivity index (χ3v) is 8.40. The minimum Gasteiger partial charge on any atom is -0.486 e. The Bertz CT molecular complexity index is 1400. The average Bonchev–Trinajstić information content (AvgIpc) is 2.99. The molecule has 0 spiro atoms. The summed E-state index contributed by atoms with van der Waals surface area (Å²) >= 11 is 0. The highest BCUT2D eigenvalue weighted by Crippen LogP contribution is 2.36. The monoisotopic (exact) mass is 565 g/mol. The molecule has 10 heteroatoms. The second kappa shape index (κ2) is 13.3. The first-order valence-electron chi connectivity index (χ1n) is 13.4. The molecule has 1 aliphatic heterocycles. The van der Waals surface area contributed by atoms with Gasteiger partial charge in [0.05, 0.1) is 10.6 Å². The predicted octanol–water partition coefficient (Wildman–Crippen LogP) is 3.99. The van der Waals surface area contributed by atoms with Crippen LogP contribution < -0.4 is 19.1 Å². The molecule has 4 rings (SSSR count). The Balaban J connectivity index is 1.69. The third kappa shape index (κ3) is 6.93. The molecule has 0 saturated carbocycles. The van der Waals surface area contributed by atoms with Crippen LogP contribution in [0.5, 0.6) is 11.5 Å². The fourth-order valence-corrected chi connectivity index (χ4v) is 5.76. The second-order valence-electron chi connectivity index (χ2n) is 9.48. The molecule has 1 N–H and O–H groups in total. The van der Waals surface area contributed by atoms with Crippen LogP contribution in [0.25, 0.3) is 0 Å². The normalized spacial score (nSPS) is 13.2. The summed E-state index contributed by atoms with van der Waals surface area (Å²) in [7, 11) is -4.16. The van der Waals surface area contributed by atoms with E-state index in [1.807, 2.05) is 37.3 Å². The third-order valence-electron chi connectivity index (χ3n) is 6.62. The van der Waals surface area contributed by atoms with E-state index in [0.29, 0.717) is 31.3 Å². The summed E-state index contributed by atoms with van der Waals surface area (Å²) in [4.78, 5) is 28.4. The van der Waals surface area contributed by atoms with Gasteiger partial charge in [-0.3, -0.25) is 13.9 Å². The molecule has 0 aromatic heterocycles. The van der Waals surface area contributed by atoms with Crippen molar-refractivity contribution in [3.8, 4) is 11.5 Å². The van der Waals surface area contributed by atoms with Gasteiger partial charge in [0, 0.05) is 19.2 Å². The lowest BCUT2D eigenvalue weighted by atomic mass is 10.1. The summed E-state index contributed by atoms with van der Waals surface area (Å²) < 4.78 is 40.1. The number of hydrogen-bond acceptors (Lipinski definition) is 6. The van der Waals surface area contributed by atoms with Crippen molar-refractivity contribution in [2.75, 3.05) is 30.6 Å². The summed E-state index contributed by atoms with van der Waals surface area (Å²) in [6.07, 6.45) is 1.74. The zero-order valence-electron chi connectivity index (χ0n) is 22.8. The number of carbonyl (C=O) groups excluding carboxylic acids is 2. The summed E-state index contributed by atoms with van der Waals surface area (Å²) in [5.74, 6) is 0.0849.